The molecule has 0 fully saturated rings. The Bertz CT molecular complexity index is 327. The SMILES string of the molecule is NC(CCO)c1cnccc1C(F)(F)F. The molecule has 1 rings (SSSR count). The summed E-state index contributed by atoms with van der Waals surface area (Å²) in [5.41, 5.74) is 4.63. The minimum Gasteiger partial charge on any atom is -0.396 e. The Kier molecular flexibility index (Phi) is 3.65. The van der Waals surface area contributed by atoms with Crippen molar-refractivity contribution >= 4 is 0 Å². The molecule has 0 saturated carbocycles. The monoisotopic (exact) mass is 220 g/mol. The minimum atomic E-state index is -4.44. The van der Waals surface area contributed by atoms with E-state index >= 15 is 0 Å². The van der Waals surface area contributed by atoms with Crippen molar-refractivity contribution in [3.8, 4) is 0 Å². The lowest BCUT2D eigenvalue weighted by atomic mass is 10.0. The van der Waals surface area contributed by atoms with E-state index in [1.54, 1.807) is 0 Å². The second kappa shape index (κ2) is 4.59. The quantitative estimate of drug-likeness (QED) is 0.811. The first-order chi connectivity index (χ1) is 6.96. The summed E-state index contributed by atoms with van der Waals surface area (Å²) < 4.78 is 37.5. The zero-order valence-electron chi connectivity index (χ0n) is 7.83. The zero-order valence-corrected chi connectivity index (χ0v) is 7.83. The molecule has 0 bridgehead atoms. The van der Waals surface area contributed by atoms with E-state index in [-0.39, 0.29) is 18.6 Å². The van der Waals surface area contributed by atoms with Crippen LogP contribution in [-0.4, -0.2) is 16.7 Å². The summed E-state index contributed by atoms with van der Waals surface area (Å²) in [6.45, 7) is -0.257. The maximum Gasteiger partial charge on any atom is 0.416 e. The minimum absolute atomic E-state index is 0.0781. The second-order valence-corrected chi connectivity index (χ2v) is 3.08. The van der Waals surface area contributed by atoms with E-state index in [2.05, 4.69) is 4.98 Å². The predicted octanol–water partition coefficient (Wildman–Crippen LogP) is 1.48. The van der Waals surface area contributed by atoms with Gasteiger partial charge < -0.3 is 10.8 Å². The first-order valence-electron chi connectivity index (χ1n) is 4.34. The molecular weight excluding hydrogens is 209 g/mol. The van der Waals surface area contributed by atoms with Crippen molar-refractivity contribution in [1.82, 2.24) is 4.98 Å². The van der Waals surface area contributed by atoms with Gasteiger partial charge >= 0.3 is 6.18 Å². The van der Waals surface area contributed by atoms with Gasteiger partial charge in [-0.3, -0.25) is 4.98 Å². The van der Waals surface area contributed by atoms with Gasteiger partial charge in [-0.2, -0.15) is 13.2 Å². The number of aromatic nitrogens is 1. The molecule has 3 nitrogen and oxygen atoms in total. The molecule has 1 aromatic rings. The lowest BCUT2D eigenvalue weighted by Crippen LogP contribution is -2.18. The van der Waals surface area contributed by atoms with Crippen molar-refractivity contribution in [2.45, 2.75) is 18.6 Å². The van der Waals surface area contributed by atoms with Crippen LogP contribution in [0.3, 0.4) is 0 Å². The van der Waals surface area contributed by atoms with E-state index in [4.69, 9.17) is 10.8 Å². The van der Waals surface area contributed by atoms with Gasteiger partial charge in [0.2, 0.25) is 0 Å². The largest absolute Gasteiger partial charge is 0.416 e. The van der Waals surface area contributed by atoms with Gasteiger partial charge in [0, 0.05) is 25.0 Å². The zero-order chi connectivity index (χ0) is 11.5. The van der Waals surface area contributed by atoms with E-state index in [1.165, 1.54) is 0 Å². The number of nitrogens with two attached hydrogens (primary N) is 1. The molecule has 1 unspecified atom stereocenters. The highest BCUT2D eigenvalue weighted by Gasteiger charge is 2.34. The third kappa shape index (κ3) is 2.90. The van der Waals surface area contributed by atoms with Crippen LogP contribution in [-0.2, 0) is 6.18 Å². The van der Waals surface area contributed by atoms with Crippen molar-refractivity contribution in [3.63, 3.8) is 0 Å². The van der Waals surface area contributed by atoms with E-state index < -0.39 is 17.8 Å². The Morgan fingerprint density at radius 2 is 2.13 bits per heavy atom. The van der Waals surface area contributed by atoms with Crippen molar-refractivity contribution in [2.75, 3.05) is 6.61 Å². The van der Waals surface area contributed by atoms with Gasteiger partial charge in [0.05, 0.1) is 5.56 Å². The molecule has 0 spiro atoms. The molecule has 0 saturated heterocycles. The van der Waals surface area contributed by atoms with Gasteiger partial charge in [-0.25, -0.2) is 0 Å². The molecule has 0 amide bonds. The van der Waals surface area contributed by atoms with E-state index in [9.17, 15) is 13.2 Å². The molecule has 1 heterocycles. The number of pyridine rings is 1. The fraction of sp³-hybridized carbons (Fsp3) is 0.444. The summed E-state index contributed by atoms with van der Waals surface area (Å²) in [5, 5.41) is 8.61. The Morgan fingerprint density at radius 3 is 2.67 bits per heavy atom. The van der Waals surface area contributed by atoms with Gasteiger partial charge in [-0.15, -0.1) is 0 Å². The molecule has 0 aliphatic rings. The average molecular weight is 220 g/mol. The van der Waals surface area contributed by atoms with Crippen LogP contribution in [0, 0.1) is 0 Å². The smallest absolute Gasteiger partial charge is 0.396 e. The van der Waals surface area contributed by atoms with Gasteiger partial charge in [0.15, 0.2) is 0 Å². The molecule has 0 aliphatic carbocycles. The Morgan fingerprint density at radius 1 is 1.47 bits per heavy atom. The molecule has 84 valence electrons. The van der Waals surface area contributed by atoms with E-state index in [0.29, 0.717) is 0 Å². The number of halogens is 3. The van der Waals surface area contributed by atoms with Crippen LogP contribution in [0.15, 0.2) is 18.5 Å². The number of hydrogen-bond acceptors (Lipinski definition) is 3. The van der Waals surface area contributed by atoms with Gasteiger partial charge in [0.1, 0.15) is 0 Å². The molecule has 3 N–H and O–H groups in total. The maximum absolute atomic E-state index is 12.5. The van der Waals surface area contributed by atoms with Crippen LogP contribution in [0.25, 0.3) is 0 Å². The summed E-state index contributed by atoms with van der Waals surface area (Å²) in [5.74, 6) is 0. The molecule has 0 radical (unpaired) electrons. The fourth-order valence-electron chi connectivity index (χ4n) is 1.25. The van der Waals surface area contributed by atoms with Crippen molar-refractivity contribution in [1.29, 1.82) is 0 Å². The molecule has 15 heavy (non-hydrogen) atoms. The van der Waals surface area contributed by atoms with Crippen LogP contribution in [0.2, 0.25) is 0 Å². The number of aliphatic hydroxyl groups excluding tert-OH is 1. The second-order valence-electron chi connectivity index (χ2n) is 3.08. The summed E-state index contributed by atoms with van der Waals surface area (Å²) in [6, 6.07) is 0.0346. The van der Waals surface area contributed by atoms with Gasteiger partial charge in [-0.05, 0) is 18.1 Å². The van der Waals surface area contributed by atoms with Crippen LogP contribution >= 0.6 is 0 Å². The normalized spacial score (nSPS) is 13.9. The van der Waals surface area contributed by atoms with Gasteiger partial charge in [0.25, 0.3) is 0 Å². The third-order valence-electron chi connectivity index (χ3n) is 2.00. The molecule has 1 aromatic heterocycles. The lowest BCUT2D eigenvalue weighted by molar-refractivity contribution is -0.138. The molecule has 1 atom stereocenters. The summed E-state index contributed by atoms with van der Waals surface area (Å²) in [7, 11) is 0. The number of rotatable bonds is 3. The highest BCUT2D eigenvalue weighted by molar-refractivity contribution is 5.28. The van der Waals surface area contributed by atoms with Gasteiger partial charge in [-0.1, -0.05) is 0 Å². The van der Waals surface area contributed by atoms with Crippen LogP contribution in [0.4, 0.5) is 13.2 Å². The standard InChI is InChI=1S/C9H11F3N2O/c10-9(11,12)7-1-3-14-5-6(7)8(13)2-4-15/h1,3,5,8,15H,2,4,13H2. The molecule has 0 aromatic carbocycles. The highest BCUT2D eigenvalue weighted by Crippen LogP contribution is 2.33. The van der Waals surface area contributed by atoms with Crippen LogP contribution in [0.5, 0.6) is 0 Å². The Labute approximate surface area is 84.7 Å². The molecular formula is C9H11F3N2O. The Balaban J connectivity index is 3.06. The molecule has 0 aliphatic heterocycles. The summed E-state index contributed by atoms with van der Waals surface area (Å²) in [4.78, 5) is 3.60. The average Bonchev–Trinajstić information content (AvgIpc) is 2.17. The molecule has 6 heteroatoms. The number of nitrogens with zero attached hydrogens (tertiary/aromatic N) is 1. The first-order valence-corrected chi connectivity index (χ1v) is 4.34. The van der Waals surface area contributed by atoms with Crippen molar-refractivity contribution in [3.05, 3.63) is 29.6 Å². The fourth-order valence-corrected chi connectivity index (χ4v) is 1.25. The summed E-state index contributed by atoms with van der Waals surface area (Å²) >= 11 is 0. The van der Waals surface area contributed by atoms with E-state index in [0.717, 1.165) is 18.5 Å². The maximum atomic E-state index is 12.5. The lowest BCUT2D eigenvalue weighted by Gasteiger charge is -2.16. The first kappa shape index (κ1) is 11.9. The predicted molar refractivity (Wildman–Crippen MR) is 47.9 cm³/mol. The Hall–Kier alpha value is -1.14. The van der Waals surface area contributed by atoms with Crippen molar-refractivity contribution in [2.24, 2.45) is 5.73 Å². The number of alkyl halides is 3. The van der Waals surface area contributed by atoms with Crippen LogP contribution in [0.1, 0.15) is 23.6 Å². The number of hydrogen-bond donors (Lipinski definition) is 2. The summed E-state index contributed by atoms with van der Waals surface area (Å²) in [6.07, 6.45) is -2.21. The van der Waals surface area contributed by atoms with Crippen molar-refractivity contribution < 1.29 is 18.3 Å². The topological polar surface area (TPSA) is 59.1 Å². The van der Waals surface area contributed by atoms with Crippen LogP contribution < -0.4 is 5.73 Å². The number of aliphatic hydroxyl groups is 1. The third-order valence-corrected chi connectivity index (χ3v) is 2.00. The van der Waals surface area contributed by atoms with E-state index in [1.807, 2.05) is 0 Å². The highest BCUT2D eigenvalue weighted by atomic mass is 19.4.